The molecule has 4 aliphatic heterocycles. The number of carbonyl (C=O) groups is 1. The number of guanidine groups is 1. The van der Waals surface area contributed by atoms with Crippen LogP contribution in [0.25, 0.3) is 0 Å². The highest BCUT2D eigenvalue weighted by Gasteiger charge is 2.54. The third kappa shape index (κ3) is 2.70. The number of aliphatic imine (C=N–C) groups is 2. The normalized spacial score (nSPS) is 28.6. The topological polar surface area (TPSA) is 81.5 Å². The van der Waals surface area contributed by atoms with Crippen LogP contribution in [0.3, 0.4) is 0 Å². The summed E-state index contributed by atoms with van der Waals surface area (Å²) in [6.45, 7) is 3.54. The summed E-state index contributed by atoms with van der Waals surface area (Å²) in [5, 5.41) is 12.2. The van der Waals surface area contributed by atoms with Crippen LogP contribution >= 0.6 is 0 Å². The fourth-order valence-corrected chi connectivity index (χ4v) is 4.00. The molecule has 1 saturated heterocycles. The Hall–Kier alpha value is -2.98. The van der Waals surface area contributed by atoms with Gasteiger partial charge < -0.3 is 10.6 Å². The molecule has 10 heteroatoms. The molecule has 0 saturated carbocycles. The molecule has 1 unspecified atom stereocenters. The smallest absolute Gasteiger partial charge is 0.301 e. The average molecular weight is 400 g/mol. The highest BCUT2D eigenvalue weighted by molar-refractivity contribution is 6.30. The maximum atomic E-state index is 13.8. The van der Waals surface area contributed by atoms with Gasteiger partial charge in [0.1, 0.15) is 12.8 Å². The third-order valence-electron chi connectivity index (χ3n) is 5.70. The predicted molar refractivity (Wildman–Crippen MR) is 106 cm³/mol. The molecule has 0 aromatic heterocycles. The van der Waals surface area contributed by atoms with E-state index in [2.05, 4.69) is 25.7 Å². The van der Waals surface area contributed by atoms with E-state index in [1.165, 1.54) is 12.4 Å². The standard InChI is InChI=1S/C19H19F2N7O/c1-18(2)13-4-3-12(9-14(13)24-16(18)29)23-17-25-15-10-22-6-8-28(15,26-17)27-7-5-19(20,21)11-27/h3-4,6,8-10H,5,7,11H2,1-2H3,(H-,23,24,26,29)/p+1. The molecule has 1 atom stereocenters. The summed E-state index contributed by atoms with van der Waals surface area (Å²) in [6.07, 6.45) is 4.49. The van der Waals surface area contributed by atoms with Crippen LogP contribution in [0.1, 0.15) is 25.8 Å². The predicted octanol–water partition coefficient (Wildman–Crippen LogP) is 2.64. The summed E-state index contributed by atoms with van der Waals surface area (Å²) < 4.78 is 27.4. The van der Waals surface area contributed by atoms with Crippen molar-refractivity contribution in [3.63, 3.8) is 0 Å². The molecule has 8 nitrogen and oxygen atoms in total. The largest absolute Gasteiger partial charge is 0.325 e. The molecule has 1 aromatic carbocycles. The SMILES string of the molecule is CC1(C)C(=O)Nc2cc(NC3=N[N+]4(N5CCC(F)(F)C5)C=CN=CC4=N3)ccc21. The van der Waals surface area contributed by atoms with E-state index >= 15 is 0 Å². The van der Waals surface area contributed by atoms with Gasteiger partial charge in [0.15, 0.2) is 6.20 Å². The Morgan fingerprint density at radius 2 is 2.14 bits per heavy atom. The molecule has 4 aliphatic rings. The summed E-state index contributed by atoms with van der Waals surface area (Å²) in [4.78, 5) is 20.7. The van der Waals surface area contributed by atoms with Gasteiger partial charge in [-0.2, -0.15) is 0 Å². The fourth-order valence-electron chi connectivity index (χ4n) is 4.00. The van der Waals surface area contributed by atoms with Crippen molar-refractivity contribution in [3.05, 3.63) is 36.2 Å². The summed E-state index contributed by atoms with van der Waals surface area (Å²) in [5.74, 6) is -2.07. The number of fused-ring (bicyclic) bond motifs is 2. The van der Waals surface area contributed by atoms with Gasteiger partial charge in [-0.05, 0) is 41.3 Å². The Morgan fingerprint density at radius 1 is 1.31 bits per heavy atom. The van der Waals surface area contributed by atoms with Crippen molar-refractivity contribution >= 4 is 35.3 Å². The number of amidine groups is 1. The Labute approximate surface area is 165 Å². The molecule has 150 valence electrons. The molecule has 29 heavy (non-hydrogen) atoms. The second kappa shape index (κ2) is 5.77. The Balaban J connectivity index is 1.45. The van der Waals surface area contributed by atoms with Crippen molar-refractivity contribution in [2.45, 2.75) is 31.6 Å². The van der Waals surface area contributed by atoms with Crippen LogP contribution in [-0.4, -0.2) is 52.6 Å². The van der Waals surface area contributed by atoms with Crippen LogP contribution in [0.4, 0.5) is 20.2 Å². The van der Waals surface area contributed by atoms with Gasteiger partial charge >= 0.3 is 5.84 Å². The van der Waals surface area contributed by atoms with E-state index in [-0.39, 0.29) is 29.5 Å². The number of anilines is 2. The van der Waals surface area contributed by atoms with Gasteiger partial charge in [-0.15, -0.1) is 10.0 Å². The van der Waals surface area contributed by atoms with Gasteiger partial charge in [-0.3, -0.25) is 9.79 Å². The van der Waals surface area contributed by atoms with Crippen LogP contribution < -0.4 is 10.6 Å². The molecule has 5 rings (SSSR count). The first-order valence-corrected chi connectivity index (χ1v) is 9.35. The number of nitrogens with one attached hydrogen (secondary N) is 2. The lowest BCUT2D eigenvalue weighted by molar-refractivity contribution is -0.916. The van der Waals surface area contributed by atoms with E-state index in [9.17, 15) is 13.6 Å². The minimum absolute atomic E-state index is 0.0546. The van der Waals surface area contributed by atoms with E-state index in [0.717, 1.165) is 11.3 Å². The number of hydrogen-bond acceptors (Lipinski definition) is 6. The number of amides is 1. The molecule has 4 heterocycles. The van der Waals surface area contributed by atoms with Gasteiger partial charge in [0, 0.05) is 17.8 Å². The van der Waals surface area contributed by atoms with E-state index in [1.807, 2.05) is 32.0 Å². The summed E-state index contributed by atoms with van der Waals surface area (Å²) in [7, 11) is 0. The van der Waals surface area contributed by atoms with E-state index in [4.69, 9.17) is 0 Å². The molecular formula is C19H20F2N7O+. The third-order valence-corrected chi connectivity index (χ3v) is 5.70. The molecule has 0 aliphatic carbocycles. The highest BCUT2D eigenvalue weighted by Crippen LogP contribution is 2.39. The van der Waals surface area contributed by atoms with Crippen LogP contribution in [0.2, 0.25) is 0 Å². The molecule has 2 N–H and O–H groups in total. The van der Waals surface area contributed by atoms with Crippen molar-refractivity contribution < 1.29 is 18.3 Å². The minimum atomic E-state index is -2.75. The number of halogens is 2. The zero-order chi connectivity index (χ0) is 20.4. The lowest BCUT2D eigenvalue weighted by atomic mass is 9.86. The van der Waals surface area contributed by atoms with Gasteiger partial charge in [0.2, 0.25) is 5.91 Å². The fraction of sp³-hybridized carbons (Fsp3) is 0.368. The first-order valence-electron chi connectivity index (χ1n) is 9.35. The zero-order valence-corrected chi connectivity index (χ0v) is 16.0. The first kappa shape index (κ1) is 18.1. The lowest BCUT2D eigenvalue weighted by Crippen LogP contribution is -2.56. The van der Waals surface area contributed by atoms with E-state index in [1.54, 1.807) is 11.2 Å². The Morgan fingerprint density at radius 3 is 2.90 bits per heavy atom. The molecule has 1 aromatic rings. The molecule has 1 fully saturated rings. The molecule has 0 bridgehead atoms. The van der Waals surface area contributed by atoms with Gasteiger partial charge in [0.25, 0.3) is 11.9 Å². The monoisotopic (exact) mass is 400 g/mol. The molecule has 0 spiro atoms. The van der Waals surface area contributed by atoms with Crippen molar-refractivity contribution in [3.8, 4) is 0 Å². The highest BCUT2D eigenvalue weighted by atomic mass is 19.3. The Kier molecular flexibility index (Phi) is 3.60. The van der Waals surface area contributed by atoms with Crippen LogP contribution in [0, 0.1) is 0 Å². The lowest BCUT2D eigenvalue weighted by Gasteiger charge is -2.31. The second-order valence-electron chi connectivity index (χ2n) is 8.08. The van der Waals surface area contributed by atoms with Gasteiger partial charge in [0.05, 0.1) is 18.2 Å². The molecule has 1 amide bonds. The molecule has 0 radical (unpaired) electrons. The van der Waals surface area contributed by atoms with Crippen molar-refractivity contribution in [1.82, 2.24) is 5.01 Å². The van der Waals surface area contributed by atoms with Gasteiger partial charge in [-0.1, -0.05) is 6.07 Å². The summed E-state index contributed by atoms with van der Waals surface area (Å²) >= 11 is 0. The average Bonchev–Trinajstić information content (AvgIpc) is 3.27. The quantitative estimate of drug-likeness (QED) is 0.749. The van der Waals surface area contributed by atoms with Crippen LogP contribution in [0.5, 0.6) is 0 Å². The van der Waals surface area contributed by atoms with Crippen LogP contribution in [0.15, 0.2) is 45.7 Å². The van der Waals surface area contributed by atoms with E-state index < -0.39 is 17.9 Å². The van der Waals surface area contributed by atoms with Crippen molar-refractivity contribution in [1.29, 1.82) is 0 Å². The summed E-state index contributed by atoms with van der Waals surface area (Å²) in [6, 6.07) is 5.55. The van der Waals surface area contributed by atoms with E-state index in [0.29, 0.717) is 11.5 Å². The number of hydrogen-bond donors (Lipinski definition) is 2. The van der Waals surface area contributed by atoms with Crippen molar-refractivity contribution in [2.75, 3.05) is 23.7 Å². The van der Waals surface area contributed by atoms with Crippen LogP contribution in [-0.2, 0) is 10.2 Å². The second-order valence-corrected chi connectivity index (χ2v) is 8.08. The van der Waals surface area contributed by atoms with Gasteiger partial charge in [-0.25, -0.2) is 8.78 Å². The summed E-state index contributed by atoms with van der Waals surface area (Å²) in [5.41, 5.74) is 1.76. The number of alkyl halides is 2. The maximum Gasteiger partial charge on any atom is 0.301 e. The number of nitrogens with zero attached hydrogens (tertiary/aromatic N) is 5. The van der Waals surface area contributed by atoms with Crippen molar-refractivity contribution in [2.24, 2.45) is 15.1 Å². The minimum Gasteiger partial charge on any atom is -0.325 e. The molecular weight excluding hydrogens is 380 g/mol. The number of rotatable bonds is 2. The first-order chi connectivity index (χ1) is 13.7. The zero-order valence-electron chi connectivity index (χ0n) is 16.0. The number of quaternary nitrogens is 1. The number of benzene rings is 1. The Bertz CT molecular complexity index is 1040. The maximum absolute atomic E-state index is 13.8. The number of carbonyl (C=O) groups excluding carboxylic acids is 1.